The first-order valence-electron chi connectivity index (χ1n) is 6.69. The number of hydrogen-bond acceptors (Lipinski definition) is 4. The Hall–Kier alpha value is -1.34. The predicted molar refractivity (Wildman–Crippen MR) is 67.7 cm³/mol. The van der Waals surface area contributed by atoms with E-state index in [1.54, 1.807) is 9.80 Å². The van der Waals surface area contributed by atoms with Gasteiger partial charge in [0.1, 0.15) is 0 Å². The Morgan fingerprint density at radius 1 is 1.21 bits per heavy atom. The van der Waals surface area contributed by atoms with Gasteiger partial charge in [0.2, 0.25) is 0 Å². The monoisotopic (exact) mass is 271 g/mol. The Balaban J connectivity index is 1.86. The molecule has 2 amide bonds. The van der Waals surface area contributed by atoms with E-state index in [0.717, 1.165) is 12.8 Å². The van der Waals surface area contributed by atoms with Crippen molar-refractivity contribution in [1.29, 1.82) is 0 Å². The minimum Gasteiger partial charge on any atom is -0.481 e. The first kappa shape index (κ1) is 14.1. The van der Waals surface area contributed by atoms with Gasteiger partial charge in [0, 0.05) is 32.2 Å². The summed E-state index contributed by atoms with van der Waals surface area (Å²) >= 11 is 0. The summed E-state index contributed by atoms with van der Waals surface area (Å²) in [5, 5.41) is 8.76. The largest absolute Gasteiger partial charge is 0.481 e. The number of nitrogens with two attached hydrogens (primary N) is 1. The number of urea groups is 1. The third-order valence-electron chi connectivity index (χ3n) is 3.62. The van der Waals surface area contributed by atoms with Crippen molar-refractivity contribution >= 4 is 12.0 Å². The molecule has 0 spiro atoms. The van der Waals surface area contributed by atoms with Crippen molar-refractivity contribution in [3.63, 3.8) is 0 Å². The summed E-state index contributed by atoms with van der Waals surface area (Å²) in [5.74, 6) is -0.900. The first-order valence-corrected chi connectivity index (χ1v) is 6.69. The van der Waals surface area contributed by atoms with Crippen LogP contribution in [0.25, 0.3) is 0 Å². The number of aliphatic carboxylic acids is 1. The lowest BCUT2D eigenvalue weighted by Crippen LogP contribution is -2.53. The number of piperidine rings is 1. The molecule has 7 heteroatoms. The van der Waals surface area contributed by atoms with Crippen molar-refractivity contribution in [3.8, 4) is 0 Å². The van der Waals surface area contributed by atoms with Crippen LogP contribution in [-0.4, -0.2) is 71.8 Å². The van der Waals surface area contributed by atoms with Crippen LogP contribution in [0.3, 0.4) is 0 Å². The zero-order valence-corrected chi connectivity index (χ0v) is 11.0. The molecule has 3 N–H and O–H groups in total. The summed E-state index contributed by atoms with van der Waals surface area (Å²) in [5.41, 5.74) is 5.82. The molecule has 2 saturated heterocycles. The number of carboxylic acid groups (broad SMARTS) is 1. The zero-order chi connectivity index (χ0) is 13.8. The molecule has 1 atom stereocenters. The second-order valence-corrected chi connectivity index (χ2v) is 5.14. The van der Waals surface area contributed by atoms with Crippen molar-refractivity contribution in [2.75, 3.05) is 32.8 Å². The molecule has 0 aromatic rings. The molecule has 0 bridgehead atoms. The number of likely N-dealkylation sites (tertiary alicyclic amines) is 1. The van der Waals surface area contributed by atoms with Crippen molar-refractivity contribution in [2.24, 2.45) is 5.73 Å². The van der Waals surface area contributed by atoms with Gasteiger partial charge in [-0.05, 0) is 12.8 Å². The van der Waals surface area contributed by atoms with Crippen LogP contribution in [0.1, 0.15) is 19.3 Å². The maximum absolute atomic E-state index is 12.3. The highest BCUT2D eigenvalue weighted by Crippen LogP contribution is 2.14. The van der Waals surface area contributed by atoms with E-state index >= 15 is 0 Å². The van der Waals surface area contributed by atoms with Gasteiger partial charge in [0.05, 0.1) is 19.1 Å². The molecular formula is C12H21N3O4. The Bertz CT molecular complexity index is 342. The van der Waals surface area contributed by atoms with Crippen molar-refractivity contribution in [1.82, 2.24) is 9.80 Å². The van der Waals surface area contributed by atoms with E-state index in [1.807, 2.05) is 0 Å². The molecule has 2 fully saturated rings. The molecule has 0 saturated carbocycles. The van der Waals surface area contributed by atoms with E-state index in [1.165, 1.54) is 0 Å². The molecule has 0 aromatic carbocycles. The molecule has 0 radical (unpaired) electrons. The number of carboxylic acids is 1. The van der Waals surface area contributed by atoms with Gasteiger partial charge in [-0.1, -0.05) is 0 Å². The normalized spacial score (nSPS) is 25.4. The summed E-state index contributed by atoms with van der Waals surface area (Å²) in [6.45, 7) is 2.64. The maximum Gasteiger partial charge on any atom is 0.320 e. The first-order chi connectivity index (χ1) is 9.06. The van der Waals surface area contributed by atoms with Gasteiger partial charge in [0.15, 0.2) is 0 Å². The molecule has 2 aliphatic rings. The van der Waals surface area contributed by atoms with E-state index in [4.69, 9.17) is 15.6 Å². The number of carbonyl (C=O) groups is 2. The maximum atomic E-state index is 12.3. The van der Waals surface area contributed by atoms with Gasteiger partial charge in [-0.15, -0.1) is 0 Å². The highest BCUT2D eigenvalue weighted by atomic mass is 16.5. The van der Waals surface area contributed by atoms with Gasteiger partial charge in [0.25, 0.3) is 0 Å². The second-order valence-electron chi connectivity index (χ2n) is 5.14. The molecule has 0 aliphatic carbocycles. The molecule has 2 rings (SSSR count). The summed E-state index contributed by atoms with van der Waals surface area (Å²) < 4.78 is 5.36. The topological polar surface area (TPSA) is 96.1 Å². The van der Waals surface area contributed by atoms with E-state index in [-0.39, 0.29) is 18.5 Å². The SMILES string of the molecule is NC1CCN(C(=O)N2CCOC(CC(=O)O)C2)CC1. The van der Waals surface area contributed by atoms with Gasteiger partial charge < -0.3 is 25.4 Å². The molecule has 0 aromatic heterocycles. The summed E-state index contributed by atoms with van der Waals surface area (Å²) in [4.78, 5) is 26.5. The van der Waals surface area contributed by atoms with Crippen LogP contribution in [0, 0.1) is 0 Å². The highest BCUT2D eigenvalue weighted by Gasteiger charge is 2.30. The Labute approximate surface area is 112 Å². The van der Waals surface area contributed by atoms with Crippen LogP contribution in [-0.2, 0) is 9.53 Å². The van der Waals surface area contributed by atoms with Gasteiger partial charge in [-0.25, -0.2) is 4.79 Å². The van der Waals surface area contributed by atoms with Gasteiger partial charge in [-0.2, -0.15) is 0 Å². The predicted octanol–water partition coefficient (Wildman–Crippen LogP) is -0.295. The average Bonchev–Trinajstić information content (AvgIpc) is 2.38. The molecule has 2 aliphatic heterocycles. The van der Waals surface area contributed by atoms with Crippen LogP contribution >= 0.6 is 0 Å². The number of hydrogen-bond donors (Lipinski definition) is 2. The lowest BCUT2D eigenvalue weighted by atomic mass is 10.1. The minimum absolute atomic E-state index is 0.0226. The molecule has 1 unspecified atom stereocenters. The second kappa shape index (κ2) is 6.21. The Kier molecular flexibility index (Phi) is 4.60. The van der Waals surface area contributed by atoms with Gasteiger partial charge >= 0.3 is 12.0 Å². The van der Waals surface area contributed by atoms with Crippen LogP contribution in [0.5, 0.6) is 0 Å². The Morgan fingerprint density at radius 2 is 1.89 bits per heavy atom. The van der Waals surface area contributed by atoms with E-state index < -0.39 is 12.1 Å². The third-order valence-corrected chi connectivity index (χ3v) is 3.62. The van der Waals surface area contributed by atoms with Crippen LogP contribution < -0.4 is 5.73 Å². The van der Waals surface area contributed by atoms with Crippen LogP contribution in [0.4, 0.5) is 4.79 Å². The lowest BCUT2D eigenvalue weighted by molar-refractivity contribution is -0.141. The summed E-state index contributed by atoms with van der Waals surface area (Å²) in [7, 11) is 0. The zero-order valence-electron chi connectivity index (χ0n) is 11.0. The van der Waals surface area contributed by atoms with E-state index in [9.17, 15) is 9.59 Å². The minimum atomic E-state index is -0.900. The Morgan fingerprint density at radius 3 is 2.53 bits per heavy atom. The number of amides is 2. The highest BCUT2D eigenvalue weighted by molar-refractivity contribution is 5.75. The van der Waals surface area contributed by atoms with Crippen molar-refractivity contribution in [3.05, 3.63) is 0 Å². The lowest BCUT2D eigenvalue weighted by Gasteiger charge is -2.38. The van der Waals surface area contributed by atoms with Crippen LogP contribution in [0.15, 0.2) is 0 Å². The number of carbonyl (C=O) groups excluding carboxylic acids is 1. The number of morpholine rings is 1. The third kappa shape index (κ3) is 3.81. The van der Waals surface area contributed by atoms with Crippen LogP contribution in [0.2, 0.25) is 0 Å². The fourth-order valence-electron chi connectivity index (χ4n) is 2.50. The number of ether oxygens (including phenoxy) is 1. The van der Waals surface area contributed by atoms with E-state index in [2.05, 4.69) is 0 Å². The summed E-state index contributed by atoms with van der Waals surface area (Å²) in [6, 6.07) is 0.166. The molecule has 19 heavy (non-hydrogen) atoms. The number of nitrogens with zero attached hydrogens (tertiary/aromatic N) is 2. The summed E-state index contributed by atoms with van der Waals surface area (Å²) in [6.07, 6.45) is 1.19. The average molecular weight is 271 g/mol. The van der Waals surface area contributed by atoms with E-state index in [0.29, 0.717) is 32.8 Å². The quantitative estimate of drug-likeness (QED) is 0.719. The number of rotatable bonds is 2. The van der Waals surface area contributed by atoms with Crippen molar-refractivity contribution < 1.29 is 19.4 Å². The molecule has 2 heterocycles. The molecule has 7 nitrogen and oxygen atoms in total. The smallest absolute Gasteiger partial charge is 0.320 e. The fourth-order valence-corrected chi connectivity index (χ4v) is 2.50. The molecule has 108 valence electrons. The van der Waals surface area contributed by atoms with Crippen molar-refractivity contribution in [2.45, 2.75) is 31.4 Å². The van der Waals surface area contributed by atoms with Gasteiger partial charge in [-0.3, -0.25) is 4.79 Å². The molecular weight excluding hydrogens is 250 g/mol. The fraction of sp³-hybridized carbons (Fsp3) is 0.833. The standard InChI is InChI=1S/C12H21N3O4/c13-9-1-3-14(4-2-9)12(18)15-5-6-19-10(8-15)7-11(16)17/h9-10H,1-8,13H2,(H,16,17).